The van der Waals surface area contributed by atoms with E-state index in [0.717, 1.165) is 27.5 Å². The molecule has 0 atom stereocenters. The Morgan fingerprint density at radius 1 is 0.588 bits per heavy atom. The van der Waals surface area contributed by atoms with Gasteiger partial charge < -0.3 is 13.8 Å². The number of rotatable bonds is 2. The fraction of sp³-hybridized carbons (Fsp3) is 0.106. The average molecular weight is 655 g/mol. The third-order valence-electron chi connectivity index (χ3n) is 11.4. The lowest BCUT2D eigenvalue weighted by Gasteiger charge is -2.42. The summed E-state index contributed by atoms with van der Waals surface area (Å²) < 4.78 is 9.25. The second-order valence-electron chi connectivity index (χ2n) is 15.4. The van der Waals surface area contributed by atoms with Gasteiger partial charge in [0.05, 0.1) is 5.52 Å². The smallest absolute Gasteiger partial charge is 0.333 e. The molecule has 0 radical (unpaired) electrons. The van der Waals surface area contributed by atoms with Crippen LogP contribution in [0.25, 0.3) is 71.7 Å². The molecule has 3 nitrogen and oxygen atoms in total. The Hall–Kier alpha value is -6.00. The van der Waals surface area contributed by atoms with E-state index in [1.807, 2.05) is 0 Å². The van der Waals surface area contributed by atoms with Crippen molar-refractivity contribution in [2.75, 3.05) is 4.81 Å². The molecule has 0 bridgehead atoms. The van der Waals surface area contributed by atoms with E-state index in [-0.39, 0.29) is 12.3 Å². The third kappa shape index (κ3) is 3.91. The van der Waals surface area contributed by atoms with Crippen LogP contribution in [0, 0.1) is 6.92 Å². The highest BCUT2D eigenvalue weighted by Gasteiger charge is 2.44. The molecule has 4 heterocycles. The Labute approximate surface area is 297 Å². The van der Waals surface area contributed by atoms with Gasteiger partial charge in [-0.25, -0.2) is 0 Å². The normalized spacial score (nSPS) is 13.4. The number of aryl methyl sites for hydroxylation is 1. The Morgan fingerprint density at radius 3 is 2.12 bits per heavy atom. The molecule has 0 N–H and O–H groups in total. The standard InChI is InChI=1S/C47H35BN2O/c1-28-12-5-8-15-34(28)31-25-38-37-24-29-13-6-7-14-30(29)26-40(37)50(33-22-20-32(21-23-33)47(2,3)4)48-39-18-11-17-36-44(39)49(41(27-31)43(38)48)45-35-16-9-10-19-42(35)51-46(36)45/h5-27H,1-4H3. The Morgan fingerprint density at radius 2 is 1.31 bits per heavy atom. The Kier molecular flexibility index (Phi) is 5.67. The van der Waals surface area contributed by atoms with Crippen LogP contribution in [0.1, 0.15) is 31.9 Å². The summed E-state index contributed by atoms with van der Waals surface area (Å²) in [4.78, 5) is 2.61. The summed E-state index contributed by atoms with van der Waals surface area (Å²) in [6, 6.07) is 51.9. The second-order valence-corrected chi connectivity index (χ2v) is 15.4. The van der Waals surface area contributed by atoms with Gasteiger partial charge in [-0.05, 0) is 116 Å². The van der Waals surface area contributed by atoms with Gasteiger partial charge in [-0.3, -0.25) is 0 Å². The molecular weight excluding hydrogens is 619 g/mol. The van der Waals surface area contributed by atoms with Crippen molar-refractivity contribution in [3.8, 4) is 27.9 Å². The van der Waals surface area contributed by atoms with Crippen molar-refractivity contribution in [2.45, 2.75) is 33.1 Å². The molecule has 0 unspecified atom stereocenters. The van der Waals surface area contributed by atoms with Crippen LogP contribution in [0.15, 0.2) is 144 Å². The first-order chi connectivity index (χ1) is 24.8. The van der Waals surface area contributed by atoms with Crippen LogP contribution in [-0.2, 0) is 5.41 Å². The summed E-state index contributed by atoms with van der Waals surface area (Å²) in [5, 5.41) is 4.78. The summed E-state index contributed by atoms with van der Waals surface area (Å²) in [7, 11) is 0. The van der Waals surface area contributed by atoms with Crippen molar-refractivity contribution < 1.29 is 4.42 Å². The second kappa shape index (κ2) is 10.0. The van der Waals surface area contributed by atoms with Crippen molar-refractivity contribution in [1.82, 2.24) is 4.57 Å². The number of benzene rings is 7. The van der Waals surface area contributed by atoms with E-state index in [9.17, 15) is 0 Å². The Bertz CT molecular complexity index is 2920. The first-order valence-corrected chi connectivity index (χ1v) is 18.0. The maximum Gasteiger partial charge on any atom is 0.333 e. The van der Waals surface area contributed by atoms with Gasteiger partial charge in [0.25, 0.3) is 0 Å². The molecule has 2 aliphatic heterocycles. The van der Waals surface area contributed by atoms with E-state index in [1.165, 1.54) is 77.7 Å². The van der Waals surface area contributed by atoms with Crippen LogP contribution in [0.5, 0.6) is 0 Å². The van der Waals surface area contributed by atoms with E-state index in [4.69, 9.17) is 4.42 Å². The molecule has 11 rings (SSSR count). The number of hydrogen-bond acceptors (Lipinski definition) is 2. The molecule has 2 aromatic heterocycles. The lowest BCUT2D eigenvalue weighted by Crippen LogP contribution is -2.60. The maximum absolute atomic E-state index is 6.73. The predicted octanol–water partition coefficient (Wildman–Crippen LogP) is 11.2. The number of hydrogen-bond donors (Lipinski definition) is 0. The van der Waals surface area contributed by atoms with Gasteiger partial charge >= 0.3 is 6.85 Å². The van der Waals surface area contributed by atoms with Gasteiger partial charge in [0, 0.05) is 33.4 Å². The minimum atomic E-state index is -0.0449. The highest BCUT2D eigenvalue weighted by atomic mass is 16.3. The number of para-hydroxylation sites is 2. The zero-order valence-electron chi connectivity index (χ0n) is 29.2. The van der Waals surface area contributed by atoms with Crippen LogP contribution in [0.4, 0.5) is 11.4 Å². The fourth-order valence-electron chi connectivity index (χ4n) is 9.01. The average Bonchev–Trinajstić information content (AvgIpc) is 3.68. The van der Waals surface area contributed by atoms with Crippen LogP contribution in [-0.4, -0.2) is 11.4 Å². The first-order valence-electron chi connectivity index (χ1n) is 18.0. The molecule has 0 saturated heterocycles. The lowest BCUT2D eigenvalue weighted by molar-refractivity contribution is 0.590. The highest BCUT2D eigenvalue weighted by Crippen LogP contribution is 2.48. The molecule has 7 aromatic carbocycles. The zero-order valence-corrected chi connectivity index (χ0v) is 29.2. The molecule has 9 aromatic rings. The lowest BCUT2D eigenvalue weighted by atomic mass is 9.44. The van der Waals surface area contributed by atoms with Gasteiger partial charge in [0.2, 0.25) is 0 Å². The minimum absolute atomic E-state index is 0.0449. The summed E-state index contributed by atoms with van der Waals surface area (Å²) in [5.41, 5.74) is 18.2. The molecule has 0 amide bonds. The van der Waals surface area contributed by atoms with Crippen molar-refractivity contribution in [1.29, 1.82) is 0 Å². The Balaban J connectivity index is 1.33. The SMILES string of the molecule is Cc1ccccc1-c1cc2c3c(c1)-n1c4c(cccc4c4oc5ccccc5c41)B3N(c1ccc(C(C)(C)C)cc1)c1cc3ccccc3cc1-2. The summed E-state index contributed by atoms with van der Waals surface area (Å²) in [6.07, 6.45) is 0. The molecule has 0 fully saturated rings. The maximum atomic E-state index is 6.73. The van der Waals surface area contributed by atoms with Crippen LogP contribution >= 0.6 is 0 Å². The molecule has 0 aliphatic carbocycles. The monoisotopic (exact) mass is 654 g/mol. The van der Waals surface area contributed by atoms with Crippen LogP contribution < -0.4 is 15.7 Å². The van der Waals surface area contributed by atoms with Crippen molar-refractivity contribution in [3.63, 3.8) is 0 Å². The summed E-state index contributed by atoms with van der Waals surface area (Å²) in [6.45, 7) is 9.03. The predicted molar refractivity (Wildman–Crippen MR) is 216 cm³/mol. The van der Waals surface area contributed by atoms with Gasteiger partial charge in [0.15, 0.2) is 5.58 Å². The topological polar surface area (TPSA) is 21.3 Å². The number of furan rings is 1. The first kappa shape index (κ1) is 28.8. The zero-order chi connectivity index (χ0) is 34.2. The molecule has 0 saturated carbocycles. The van der Waals surface area contributed by atoms with Crippen molar-refractivity contribution in [3.05, 3.63) is 151 Å². The molecule has 51 heavy (non-hydrogen) atoms. The molecule has 0 spiro atoms. The highest BCUT2D eigenvalue weighted by molar-refractivity contribution is 6.93. The number of fused-ring (bicyclic) bond motifs is 10. The number of nitrogens with zero attached hydrogens (tertiary/aromatic N) is 2. The van der Waals surface area contributed by atoms with E-state index in [1.54, 1.807) is 0 Å². The number of aromatic nitrogens is 1. The van der Waals surface area contributed by atoms with Gasteiger partial charge in [-0.15, -0.1) is 0 Å². The summed E-state index contributed by atoms with van der Waals surface area (Å²) >= 11 is 0. The van der Waals surface area contributed by atoms with Gasteiger partial charge in [0.1, 0.15) is 11.1 Å². The molecule has 242 valence electrons. The van der Waals surface area contributed by atoms with Gasteiger partial charge in [-0.2, -0.15) is 0 Å². The van der Waals surface area contributed by atoms with Crippen LogP contribution in [0.2, 0.25) is 0 Å². The molecule has 2 aliphatic rings. The van der Waals surface area contributed by atoms with Gasteiger partial charge in [-0.1, -0.05) is 106 Å². The largest absolute Gasteiger partial charge is 0.454 e. The van der Waals surface area contributed by atoms with E-state index in [2.05, 4.69) is 177 Å². The minimum Gasteiger partial charge on any atom is -0.454 e. The van der Waals surface area contributed by atoms with E-state index >= 15 is 0 Å². The fourth-order valence-corrected chi connectivity index (χ4v) is 9.01. The number of anilines is 2. The third-order valence-corrected chi connectivity index (χ3v) is 11.4. The van der Waals surface area contributed by atoms with Crippen molar-refractivity contribution >= 4 is 72.9 Å². The van der Waals surface area contributed by atoms with Crippen LogP contribution in [0.3, 0.4) is 0 Å². The van der Waals surface area contributed by atoms with E-state index < -0.39 is 0 Å². The summed E-state index contributed by atoms with van der Waals surface area (Å²) in [5.74, 6) is 0. The quantitative estimate of drug-likeness (QED) is 0.173. The molecular formula is C47H35BN2O. The van der Waals surface area contributed by atoms with E-state index in [0.29, 0.717) is 0 Å². The molecule has 4 heteroatoms. The van der Waals surface area contributed by atoms with Crippen molar-refractivity contribution in [2.24, 2.45) is 0 Å².